The number of thioether (sulfide) groups is 1. The first-order valence-electron chi connectivity index (χ1n) is 5.86. The van der Waals surface area contributed by atoms with E-state index in [4.69, 9.17) is 0 Å². The monoisotopic (exact) mass is 215 g/mol. The van der Waals surface area contributed by atoms with Crippen molar-refractivity contribution in [3.05, 3.63) is 0 Å². The molecule has 0 radical (unpaired) electrons. The number of hydrogen-bond donors (Lipinski definition) is 2. The molecule has 2 fully saturated rings. The van der Waals surface area contributed by atoms with Crippen LogP contribution in [0.25, 0.3) is 0 Å². The van der Waals surface area contributed by atoms with Crippen LogP contribution >= 0.6 is 11.8 Å². The van der Waals surface area contributed by atoms with Crippen LogP contribution < -0.4 is 5.32 Å². The molecular formula is C11H21NOS. The van der Waals surface area contributed by atoms with Crippen LogP contribution in [0.2, 0.25) is 0 Å². The molecule has 1 heterocycles. The maximum absolute atomic E-state index is 9.56. The predicted molar refractivity (Wildman–Crippen MR) is 61.7 cm³/mol. The smallest absolute Gasteiger partial charge is 0.0555 e. The summed E-state index contributed by atoms with van der Waals surface area (Å²) in [6, 6.07) is 1.32. The Morgan fingerprint density at radius 3 is 2.50 bits per heavy atom. The van der Waals surface area contributed by atoms with E-state index in [1.165, 1.54) is 37.2 Å². The lowest BCUT2D eigenvalue weighted by Gasteiger charge is -2.32. The van der Waals surface area contributed by atoms with Crippen LogP contribution in [0, 0.1) is 0 Å². The van der Waals surface area contributed by atoms with Gasteiger partial charge in [0.05, 0.1) is 6.10 Å². The van der Waals surface area contributed by atoms with Gasteiger partial charge >= 0.3 is 0 Å². The zero-order chi connectivity index (χ0) is 9.80. The van der Waals surface area contributed by atoms with Crippen molar-refractivity contribution >= 4 is 11.8 Å². The maximum atomic E-state index is 9.56. The molecule has 0 aromatic carbocycles. The summed E-state index contributed by atoms with van der Waals surface area (Å²) in [7, 11) is 0. The third kappa shape index (κ3) is 3.14. The zero-order valence-corrected chi connectivity index (χ0v) is 9.56. The molecule has 2 nitrogen and oxygen atoms in total. The van der Waals surface area contributed by atoms with Crippen LogP contribution in [0.1, 0.15) is 38.5 Å². The normalized spacial score (nSPS) is 35.8. The van der Waals surface area contributed by atoms with Gasteiger partial charge in [0.25, 0.3) is 0 Å². The zero-order valence-electron chi connectivity index (χ0n) is 8.74. The Bertz CT molecular complexity index is 171. The molecule has 2 N–H and O–H groups in total. The average molecular weight is 215 g/mol. The second kappa shape index (κ2) is 5.38. The highest BCUT2D eigenvalue weighted by Crippen LogP contribution is 2.22. The van der Waals surface area contributed by atoms with Crippen LogP contribution in [0.4, 0.5) is 0 Å². The van der Waals surface area contributed by atoms with Crippen molar-refractivity contribution in [1.29, 1.82) is 0 Å². The van der Waals surface area contributed by atoms with E-state index in [1.54, 1.807) is 0 Å². The van der Waals surface area contributed by atoms with Crippen LogP contribution in [-0.2, 0) is 0 Å². The highest BCUT2D eigenvalue weighted by atomic mass is 32.2. The van der Waals surface area contributed by atoms with Crippen molar-refractivity contribution in [3.63, 3.8) is 0 Å². The van der Waals surface area contributed by atoms with E-state index in [0.29, 0.717) is 6.04 Å². The number of aliphatic hydroxyl groups is 1. The SMILES string of the molecule is OC1CCCC(NC2CCSCC2)C1. The van der Waals surface area contributed by atoms with Gasteiger partial charge < -0.3 is 10.4 Å². The van der Waals surface area contributed by atoms with Gasteiger partial charge in [-0.05, 0) is 50.0 Å². The van der Waals surface area contributed by atoms with E-state index in [1.807, 2.05) is 0 Å². The van der Waals surface area contributed by atoms with Crippen molar-refractivity contribution in [3.8, 4) is 0 Å². The Morgan fingerprint density at radius 2 is 1.79 bits per heavy atom. The second-order valence-electron chi connectivity index (χ2n) is 4.57. The number of rotatable bonds is 2. The van der Waals surface area contributed by atoms with Crippen LogP contribution in [-0.4, -0.2) is 34.8 Å². The quantitative estimate of drug-likeness (QED) is 0.736. The second-order valence-corrected chi connectivity index (χ2v) is 5.80. The van der Waals surface area contributed by atoms with Crippen molar-refractivity contribution in [1.82, 2.24) is 5.32 Å². The van der Waals surface area contributed by atoms with Crippen molar-refractivity contribution < 1.29 is 5.11 Å². The molecule has 1 saturated heterocycles. The third-order valence-corrected chi connectivity index (χ3v) is 4.39. The standard InChI is InChI=1S/C11H21NOS/c13-11-3-1-2-10(8-11)12-9-4-6-14-7-5-9/h9-13H,1-8H2. The fourth-order valence-corrected chi connectivity index (χ4v) is 3.62. The number of hydrogen-bond acceptors (Lipinski definition) is 3. The van der Waals surface area contributed by atoms with Crippen molar-refractivity contribution in [2.24, 2.45) is 0 Å². The third-order valence-electron chi connectivity index (χ3n) is 3.34. The lowest BCUT2D eigenvalue weighted by molar-refractivity contribution is 0.108. The molecule has 1 aliphatic carbocycles. The molecule has 2 atom stereocenters. The first-order valence-corrected chi connectivity index (χ1v) is 7.02. The first-order chi connectivity index (χ1) is 6.84. The molecule has 0 aromatic heterocycles. The molecule has 2 aliphatic rings. The van der Waals surface area contributed by atoms with Crippen LogP contribution in [0.5, 0.6) is 0 Å². The molecule has 0 bridgehead atoms. The molecule has 3 heteroatoms. The van der Waals surface area contributed by atoms with Crippen LogP contribution in [0.3, 0.4) is 0 Å². The molecular weight excluding hydrogens is 194 g/mol. The molecule has 1 saturated carbocycles. The summed E-state index contributed by atoms with van der Waals surface area (Å²) in [5, 5.41) is 13.3. The summed E-state index contributed by atoms with van der Waals surface area (Å²) in [5.74, 6) is 2.62. The Morgan fingerprint density at radius 1 is 1.00 bits per heavy atom. The Hall–Kier alpha value is 0.270. The fourth-order valence-electron chi connectivity index (χ4n) is 2.51. The predicted octanol–water partition coefficient (Wildman–Crippen LogP) is 1.78. The van der Waals surface area contributed by atoms with E-state index in [0.717, 1.165) is 18.9 Å². The summed E-state index contributed by atoms with van der Waals surface area (Å²) in [6.45, 7) is 0. The minimum absolute atomic E-state index is 0.0424. The van der Waals surface area contributed by atoms with E-state index < -0.39 is 0 Å². The van der Waals surface area contributed by atoms with Gasteiger partial charge in [-0.3, -0.25) is 0 Å². The molecule has 0 amide bonds. The van der Waals surface area contributed by atoms with Gasteiger partial charge in [0.15, 0.2) is 0 Å². The number of aliphatic hydroxyl groups excluding tert-OH is 1. The van der Waals surface area contributed by atoms with Gasteiger partial charge in [0.2, 0.25) is 0 Å². The molecule has 1 aliphatic heterocycles. The molecule has 0 spiro atoms. The van der Waals surface area contributed by atoms with Gasteiger partial charge in [0, 0.05) is 12.1 Å². The lowest BCUT2D eigenvalue weighted by Crippen LogP contribution is -2.43. The average Bonchev–Trinajstić information content (AvgIpc) is 2.19. The minimum atomic E-state index is -0.0424. The molecule has 82 valence electrons. The van der Waals surface area contributed by atoms with Gasteiger partial charge in [-0.25, -0.2) is 0 Å². The summed E-state index contributed by atoms with van der Waals surface area (Å²) in [6.07, 6.45) is 7.04. The number of nitrogens with one attached hydrogen (secondary N) is 1. The largest absolute Gasteiger partial charge is 0.393 e. The Balaban J connectivity index is 1.72. The lowest BCUT2D eigenvalue weighted by atomic mass is 9.92. The highest BCUT2D eigenvalue weighted by molar-refractivity contribution is 7.99. The van der Waals surface area contributed by atoms with E-state index in [2.05, 4.69) is 17.1 Å². The maximum Gasteiger partial charge on any atom is 0.0555 e. The first kappa shape index (κ1) is 10.8. The summed E-state index contributed by atoms with van der Waals surface area (Å²) in [4.78, 5) is 0. The van der Waals surface area contributed by atoms with Crippen molar-refractivity contribution in [2.45, 2.75) is 56.7 Å². The van der Waals surface area contributed by atoms with Gasteiger partial charge in [0.1, 0.15) is 0 Å². The van der Waals surface area contributed by atoms with Gasteiger partial charge in [-0.2, -0.15) is 11.8 Å². The highest BCUT2D eigenvalue weighted by Gasteiger charge is 2.23. The van der Waals surface area contributed by atoms with Crippen LogP contribution in [0.15, 0.2) is 0 Å². The van der Waals surface area contributed by atoms with E-state index in [-0.39, 0.29) is 6.10 Å². The Labute approximate surface area is 90.8 Å². The van der Waals surface area contributed by atoms with Gasteiger partial charge in [-0.15, -0.1) is 0 Å². The molecule has 2 unspecified atom stereocenters. The van der Waals surface area contributed by atoms with Crippen molar-refractivity contribution in [2.75, 3.05) is 11.5 Å². The molecule has 14 heavy (non-hydrogen) atoms. The summed E-state index contributed by atoms with van der Waals surface area (Å²) < 4.78 is 0. The van der Waals surface area contributed by atoms with E-state index in [9.17, 15) is 5.11 Å². The molecule has 2 rings (SSSR count). The summed E-state index contributed by atoms with van der Waals surface area (Å²) in [5.41, 5.74) is 0. The summed E-state index contributed by atoms with van der Waals surface area (Å²) >= 11 is 2.07. The Kier molecular flexibility index (Phi) is 4.14. The minimum Gasteiger partial charge on any atom is -0.393 e. The van der Waals surface area contributed by atoms with Gasteiger partial charge in [-0.1, -0.05) is 0 Å². The topological polar surface area (TPSA) is 32.3 Å². The van der Waals surface area contributed by atoms with E-state index >= 15 is 0 Å². The molecule has 0 aromatic rings. The fraction of sp³-hybridized carbons (Fsp3) is 1.00.